The van der Waals surface area contributed by atoms with Crippen molar-refractivity contribution in [1.29, 1.82) is 0 Å². The Labute approximate surface area is 95.5 Å². The molecule has 0 N–H and O–H groups in total. The predicted octanol–water partition coefficient (Wildman–Crippen LogP) is 2.10. The highest BCUT2D eigenvalue weighted by Crippen LogP contribution is 2.74. The Kier molecular flexibility index (Phi) is 1.30. The highest BCUT2D eigenvalue weighted by atomic mass is 16.7. The Morgan fingerprint density at radius 2 is 2.06 bits per heavy atom. The fourth-order valence-corrected chi connectivity index (χ4v) is 5.02. The maximum Gasteiger partial charge on any atom is 0.314 e. The van der Waals surface area contributed by atoms with E-state index in [0.29, 0.717) is 11.8 Å². The molecule has 16 heavy (non-hydrogen) atoms. The van der Waals surface area contributed by atoms with Gasteiger partial charge in [-0.15, -0.1) is 0 Å². The second-order valence-electron chi connectivity index (χ2n) is 6.62. The van der Waals surface area contributed by atoms with Crippen molar-refractivity contribution in [2.45, 2.75) is 51.4 Å². The summed E-state index contributed by atoms with van der Waals surface area (Å²) in [5.74, 6) is 0.238. The summed E-state index contributed by atoms with van der Waals surface area (Å²) in [7, 11) is 0. The van der Waals surface area contributed by atoms with Crippen molar-refractivity contribution in [3.8, 4) is 0 Å². The summed E-state index contributed by atoms with van der Waals surface area (Å²) in [5, 5.41) is 0. The van der Waals surface area contributed by atoms with Crippen LogP contribution in [0.5, 0.6) is 0 Å². The van der Waals surface area contributed by atoms with E-state index in [9.17, 15) is 4.79 Å². The normalized spacial score (nSPS) is 66.2. The lowest BCUT2D eigenvalue weighted by Crippen LogP contribution is -2.73. The fourth-order valence-electron chi connectivity index (χ4n) is 5.02. The van der Waals surface area contributed by atoms with E-state index >= 15 is 0 Å². The molecule has 0 amide bonds. The standard InChI is InChI=1S/C13H18O3/c1-11-5-4-7-6-8(11)9-10(14)15-13(7,3)16-12(9,11)2/h7-9H,4-6H2,1-3H3. The second-order valence-corrected chi connectivity index (χ2v) is 6.62. The zero-order valence-corrected chi connectivity index (χ0v) is 10.1. The van der Waals surface area contributed by atoms with Crippen LogP contribution in [0.3, 0.4) is 0 Å². The molecule has 7 fully saturated rings. The molecule has 0 aromatic rings. The van der Waals surface area contributed by atoms with Gasteiger partial charge in [0, 0.05) is 18.3 Å². The van der Waals surface area contributed by atoms with Gasteiger partial charge in [0.05, 0.1) is 11.5 Å². The average molecular weight is 222 g/mol. The predicted molar refractivity (Wildman–Crippen MR) is 56.4 cm³/mol. The number of rotatable bonds is 0. The molecule has 2 aliphatic carbocycles. The van der Waals surface area contributed by atoms with E-state index in [1.54, 1.807) is 0 Å². The Morgan fingerprint density at radius 1 is 1.31 bits per heavy atom. The zero-order chi connectivity index (χ0) is 11.3. The van der Waals surface area contributed by atoms with Crippen LogP contribution in [0.2, 0.25) is 0 Å². The van der Waals surface area contributed by atoms with Gasteiger partial charge < -0.3 is 9.47 Å². The van der Waals surface area contributed by atoms with Crippen LogP contribution in [0.4, 0.5) is 0 Å². The van der Waals surface area contributed by atoms with Crippen molar-refractivity contribution in [2.24, 2.45) is 23.2 Å². The van der Waals surface area contributed by atoms with Gasteiger partial charge in [-0.1, -0.05) is 6.92 Å². The quantitative estimate of drug-likeness (QED) is 0.589. The van der Waals surface area contributed by atoms with Crippen LogP contribution >= 0.6 is 0 Å². The van der Waals surface area contributed by atoms with Gasteiger partial charge in [0.25, 0.3) is 0 Å². The molecule has 7 aliphatic rings. The molecule has 5 saturated heterocycles. The van der Waals surface area contributed by atoms with Crippen molar-refractivity contribution >= 4 is 5.97 Å². The van der Waals surface area contributed by atoms with Gasteiger partial charge in [-0.25, -0.2) is 0 Å². The molecule has 2 saturated carbocycles. The number of carbonyl (C=O) groups is 1. The van der Waals surface area contributed by atoms with Crippen LogP contribution in [-0.2, 0) is 14.3 Å². The largest absolute Gasteiger partial charge is 0.433 e. The fraction of sp³-hybridized carbons (Fsp3) is 0.923. The van der Waals surface area contributed by atoms with E-state index in [0.717, 1.165) is 12.8 Å². The maximum absolute atomic E-state index is 12.1. The Morgan fingerprint density at radius 3 is 2.81 bits per heavy atom. The van der Waals surface area contributed by atoms with E-state index in [1.807, 2.05) is 6.92 Å². The average Bonchev–Trinajstić information content (AvgIpc) is 2.38. The van der Waals surface area contributed by atoms with Crippen molar-refractivity contribution in [2.75, 3.05) is 0 Å². The Hall–Kier alpha value is -0.570. The summed E-state index contributed by atoms with van der Waals surface area (Å²) < 4.78 is 11.8. The van der Waals surface area contributed by atoms with Crippen LogP contribution in [-0.4, -0.2) is 17.4 Å². The second kappa shape index (κ2) is 2.20. The molecule has 0 spiro atoms. The van der Waals surface area contributed by atoms with Crippen LogP contribution in [0.25, 0.3) is 0 Å². The summed E-state index contributed by atoms with van der Waals surface area (Å²) in [4.78, 5) is 12.1. The number of ether oxygens (including phenoxy) is 2. The maximum atomic E-state index is 12.1. The summed E-state index contributed by atoms with van der Waals surface area (Å²) in [5.41, 5.74) is -0.0711. The van der Waals surface area contributed by atoms with Crippen molar-refractivity contribution in [3.05, 3.63) is 0 Å². The van der Waals surface area contributed by atoms with E-state index in [1.165, 1.54) is 6.42 Å². The molecule has 88 valence electrons. The van der Waals surface area contributed by atoms with Gasteiger partial charge >= 0.3 is 5.97 Å². The van der Waals surface area contributed by atoms with Gasteiger partial charge in [0.2, 0.25) is 5.79 Å². The third kappa shape index (κ3) is 0.675. The molecule has 0 aromatic carbocycles. The van der Waals surface area contributed by atoms with Crippen molar-refractivity contribution < 1.29 is 14.3 Å². The molecule has 6 atom stereocenters. The molecule has 5 heterocycles. The lowest BCUT2D eigenvalue weighted by Gasteiger charge is -2.66. The van der Waals surface area contributed by atoms with Crippen LogP contribution < -0.4 is 0 Å². The summed E-state index contributed by atoms with van der Waals surface area (Å²) in [6.45, 7) is 6.39. The minimum atomic E-state index is -0.647. The van der Waals surface area contributed by atoms with Gasteiger partial charge in [-0.3, -0.25) is 4.79 Å². The molecule has 3 heteroatoms. The first-order chi connectivity index (χ1) is 7.41. The first-order valence-electron chi connectivity index (χ1n) is 6.34. The monoisotopic (exact) mass is 222 g/mol. The van der Waals surface area contributed by atoms with E-state index in [-0.39, 0.29) is 22.9 Å². The number of hydrogen-bond donors (Lipinski definition) is 0. The highest BCUT2D eigenvalue weighted by Gasteiger charge is 2.79. The van der Waals surface area contributed by atoms with Crippen LogP contribution in [0, 0.1) is 23.2 Å². The molecule has 3 nitrogen and oxygen atoms in total. The lowest BCUT2D eigenvalue weighted by atomic mass is 9.41. The number of esters is 1. The minimum Gasteiger partial charge on any atom is -0.433 e. The Balaban J connectivity index is 1.96. The molecule has 0 aromatic heterocycles. The molecular weight excluding hydrogens is 204 g/mol. The third-order valence-corrected chi connectivity index (χ3v) is 6.21. The number of carbonyl (C=O) groups excluding carboxylic acids is 1. The lowest BCUT2D eigenvalue weighted by molar-refractivity contribution is -0.365. The number of fused-ring (bicyclic) bond motifs is 2. The highest BCUT2D eigenvalue weighted by molar-refractivity contribution is 5.78. The molecule has 0 radical (unpaired) electrons. The third-order valence-electron chi connectivity index (χ3n) is 6.21. The van der Waals surface area contributed by atoms with E-state index < -0.39 is 5.79 Å². The first kappa shape index (κ1) is 9.46. The van der Waals surface area contributed by atoms with Crippen LogP contribution in [0.15, 0.2) is 0 Å². The van der Waals surface area contributed by atoms with E-state index in [4.69, 9.17) is 9.47 Å². The first-order valence-corrected chi connectivity index (χ1v) is 6.34. The van der Waals surface area contributed by atoms with Gasteiger partial charge in [0.15, 0.2) is 0 Å². The Bertz CT molecular complexity index is 406. The van der Waals surface area contributed by atoms with Crippen LogP contribution in [0.1, 0.15) is 40.0 Å². The van der Waals surface area contributed by atoms with Gasteiger partial charge in [-0.05, 0) is 32.1 Å². The number of hydrogen-bond acceptors (Lipinski definition) is 3. The summed E-state index contributed by atoms with van der Waals surface area (Å²) in [6, 6.07) is 0. The topological polar surface area (TPSA) is 35.5 Å². The molecule has 5 aliphatic heterocycles. The minimum absolute atomic E-state index is 0.00382. The summed E-state index contributed by atoms with van der Waals surface area (Å²) >= 11 is 0. The summed E-state index contributed by atoms with van der Waals surface area (Å²) in [6.07, 6.45) is 3.43. The van der Waals surface area contributed by atoms with Gasteiger partial charge in [0.1, 0.15) is 0 Å². The molecule has 7 rings (SSSR count). The molecule has 6 bridgehead atoms. The molecule has 6 unspecified atom stereocenters. The smallest absolute Gasteiger partial charge is 0.314 e. The van der Waals surface area contributed by atoms with E-state index in [2.05, 4.69) is 13.8 Å². The zero-order valence-electron chi connectivity index (χ0n) is 10.1. The van der Waals surface area contributed by atoms with Gasteiger partial charge in [-0.2, -0.15) is 0 Å². The SMILES string of the molecule is CC12OC(=O)C3C4CC1CCC4(C)C3(C)O2. The van der Waals surface area contributed by atoms with Crippen molar-refractivity contribution in [1.82, 2.24) is 0 Å². The van der Waals surface area contributed by atoms with Crippen molar-refractivity contribution in [3.63, 3.8) is 0 Å². The molecular formula is C13H18O3.